The van der Waals surface area contributed by atoms with Gasteiger partial charge in [0.05, 0.1) is 11.2 Å². The number of nitrogens with two attached hydrogens (primary N) is 1. The highest BCUT2D eigenvalue weighted by atomic mass is 15.3. The summed E-state index contributed by atoms with van der Waals surface area (Å²) in [5, 5.41) is 5.95. The van der Waals surface area contributed by atoms with Crippen LogP contribution in [0.3, 0.4) is 0 Å². The minimum absolute atomic E-state index is 0.0744. The van der Waals surface area contributed by atoms with Gasteiger partial charge >= 0.3 is 0 Å². The Morgan fingerprint density at radius 2 is 2.19 bits per heavy atom. The van der Waals surface area contributed by atoms with E-state index in [0.717, 1.165) is 0 Å². The number of nitrogens with zero attached hydrogens (tertiary/aromatic N) is 2. The van der Waals surface area contributed by atoms with Crippen molar-refractivity contribution in [2.45, 2.75) is 31.7 Å². The average Bonchev–Trinajstić information content (AvgIpc) is 3.04. The molecule has 0 saturated heterocycles. The van der Waals surface area contributed by atoms with Gasteiger partial charge in [-0.05, 0) is 31.4 Å². The van der Waals surface area contributed by atoms with Crippen molar-refractivity contribution >= 4 is 10.9 Å². The predicted octanol–water partition coefficient (Wildman–Crippen LogP) is 2.47. The van der Waals surface area contributed by atoms with E-state index in [0.29, 0.717) is 5.92 Å². The summed E-state index contributed by atoms with van der Waals surface area (Å²) in [5.74, 6) is 0.670. The van der Waals surface area contributed by atoms with Crippen LogP contribution in [0.5, 0.6) is 0 Å². The Kier molecular flexibility index (Phi) is 2.04. The van der Waals surface area contributed by atoms with E-state index in [1.54, 1.807) is 0 Å². The van der Waals surface area contributed by atoms with Crippen LogP contribution in [0.15, 0.2) is 18.2 Å². The van der Waals surface area contributed by atoms with Crippen LogP contribution in [0, 0.1) is 0 Å². The number of hydrogen-bond acceptors (Lipinski definition) is 2. The number of rotatable bonds is 2. The van der Waals surface area contributed by atoms with Gasteiger partial charge in [-0.15, -0.1) is 0 Å². The minimum atomic E-state index is 0.0744. The zero-order chi connectivity index (χ0) is 11.3. The first-order valence-corrected chi connectivity index (χ1v) is 5.89. The summed E-state index contributed by atoms with van der Waals surface area (Å²) < 4.78 is 1.98. The number of aryl methyl sites for hydroxylation is 1. The maximum atomic E-state index is 6.04. The van der Waals surface area contributed by atoms with Crippen LogP contribution < -0.4 is 5.73 Å². The van der Waals surface area contributed by atoms with Gasteiger partial charge in [0, 0.05) is 24.4 Å². The molecule has 0 radical (unpaired) electrons. The van der Waals surface area contributed by atoms with Crippen molar-refractivity contribution in [2.24, 2.45) is 12.8 Å². The van der Waals surface area contributed by atoms with Gasteiger partial charge in [-0.2, -0.15) is 5.10 Å². The molecule has 1 aliphatic carbocycles. The summed E-state index contributed by atoms with van der Waals surface area (Å²) in [4.78, 5) is 0. The fraction of sp³-hybridized carbons (Fsp3) is 0.462. The summed E-state index contributed by atoms with van der Waals surface area (Å²) in [6, 6.07) is 6.39. The van der Waals surface area contributed by atoms with E-state index < -0.39 is 0 Å². The maximum Gasteiger partial charge on any atom is 0.0737 e. The molecule has 1 atom stereocenters. The van der Waals surface area contributed by atoms with Crippen LogP contribution in [-0.4, -0.2) is 9.78 Å². The Labute approximate surface area is 95.2 Å². The molecule has 3 rings (SSSR count). The Morgan fingerprint density at radius 3 is 2.81 bits per heavy atom. The Morgan fingerprint density at radius 1 is 1.44 bits per heavy atom. The number of benzene rings is 1. The summed E-state index contributed by atoms with van der Waals surface area (Å²) in [5.41, 5.74) is 9.73. The third kappa shape index (κ3) is 1.35. The van der Waals surface area contributed by atoms with Crippen molar-refractivity contribution in [3.05, 3.63) is 29.5 Å². The van der Waals surface area contributed by atoms with Crippen molar-refractivity contribution < 1.29 is 0 Å². The molecule has 3 heteroatoms. The van der Waals surface area contributed by atoms with Crippen molar-refractivity contribution in [3.63, 3.8) is 0 Å². The zero-order valence-corrected chi connectivity index (χ0v) is 9.77. The third-order valence-corrected chi connectivity index (χ3v) is 3.39. The molecule has 1 fully saturated rings. The van der Waals surface area contributed by atoms with E-state index in [4.69, 9.17) is 5.73 Å². The van der Waals surface area contributed by atoms with E-state index in [2.05, 4.69) is 23.3 Å². The van der Waals surface area contributed by atoms with Gasteiger partial charge in [0.15, 0.2) is 0 Å². The first kappa shape index (κ1) is 9.85. The van der Waals surface area contributed by atoms with Gasteiger partial charge in [-0.3, -0.25) is 4.68 Å². The molecular weight excluding hydrogens is 198 g/mol. The van der Waals surface area contributed by atoms with E-state index >= 15 is 0 Å². The van der Waals surface area contributed by atoms with Crippen molar-refractivity contribution in [2.75, 3.05) is 0 Å². The number of fused-ring (bicyclic) bond motifs is 1. The van der Waals surface area contributed by atoms with Crippen LogP contribution in [0.4, 0.5) is 0 Å². The number of hydrogen-bond donors (Lipinski definition) is 1. The number of aromatic nitrogens is 2. The predicted molar refractivity (Wildman–Crippen MR) is 65.3 cm³/mol. The Balaban J connectivity index is 2.33. The quantitative estimate of drug-likeness (QED) is 0.836. The fourth-order valence-electron chi connectivity index (χ4n) is 2.39. The zero-order valence-electron chi connectivity index (χ0n) is 9.77. The van der Waals surface area contributed by atoms with E-state index in [-0.39, 0.29) is 6.04 Å². The van der Waals surface area contributed by atoms with E-state index in [1.807, 2.05) is 18.7 Å². The summed E-state index contributed by atoms with van der Waals surface area (Å²) in [6.07, 6.45) is 2.55. The second-order valence-corrected chi connectivity index (χ2v) is 4.81. The maximum absolute atomic E-state index is 6.04. The molecule has 2 aromatic rings. The fourth-order valence-corrected chi connectivity index (χ4v) is 2.39. The molecule has 1 heterocycles. The van der Waals surface area contributed by atoms with Crippen LogP contribution in [0.2, 0.25) is 0 Å². The lowest BCUT2D eigenvalue weighted by molar-refractivity contribution is 0.767. The summed E-state index contributed by atoms with van der Waals surface area (Å²) in [7, 11) is 2.01. The molecule has 1 saturated carbocycles. The molecule has 3 nitrogen and oxygen atoms in total. The summed E-state index contributed by atoms with van der Waals surface area (Å²) in [6.45, 7) is 2.04. The lowest BCUT2D eigenvalue weighted by Gasteiger charge is -2.08. The lowest BCUT2D eigenvalue weighted by atomic mass is 10.0. The molecule has 0 amide bonds. The first-order valence-electron chi connectivity index (χ1n) is 5.89. The highest BCUT2D eigenvalue weighted by Crippen LogP contribution is 2.43. The van der Waals surface area contributed by atoms with Crippen molar-refractivity contribution in [3.8, 4) is 0 Å². The lowest BCUT2D eigenvalue weighted by Crippen LogP contribution is -2.05. The molecule has 1 aromatic heterocycles. The van der Waals surface area contributed by atoms with E-state index in [9.17, 15) is 0 Å². The molecule has 1 aliphatic rings. The van der Waals surface area contributed by atoms with Gasteiger partial charge in [0.25, 0.3) is 0 Å². The summed E-state index contributed by atoms with van der Waals surface area (Å²) >= 11 is 0. The van der Waals surface area contributed by atoms with Crippen LogP contribution in [-0.2, 0) is 7.05 Å². The topological polar surface area (TPSA) is 43.8 Å². The van der Waals surface area contributed by atoms with Gasteiger partial charge in [-0.25, -0.2) is 0 Å². The molecule has 0 bridgehead atoms. The first-order chi connectivity index (χ1) is 7.68. The van der Waals surface area contributed by atoms with Crippen LogP contribution >= 0.6 is 0 Å². The van der Waals surface area contributed by atoms with Crippen LogP contribution in [0.1, 0.15) is 43.0 Å². The van der Waals surface area contributed by atoms with Crippen LogP contribution in [0.25, 0.3) is 10.9 Å². The molecule has 16 heavy (non-hydrogen) atoms. The standard InChI is InChI=1S/C13H17N3/c1-8(14)10-4-3-5-11-12(10)13(9-6-7-9)15-16(11)2/h3-5,8-9H,6-7,14H2,1-2H3. The minimum Gasteiger partial charge on any atom is -0.324 e. The largest absolute Gasteiger partial charge is 0.324 e. The van der Waals surface area contributed by atoms with Gasteiger partial charge < -0.3 is 5.73 Å². The smallest absolute Gasteiger partial charge is 0.0737 e. The molecule has 1 aromatic carbocycles. The van der Waals surface area contributed by atoms with E-state index in [1.165, 1.54) is 35.0 Å². The van der Waals surface area contributed by atoms with Crippen molar-refractivity contribution in [1.82, 2.24) is 9.78 Å². The normalized spacial score (nSPS) is 17.9. The molecule has 2 N–H and O–H groups in total. The second-order valence-electron chi connectivity index (χ2n) is 4.81. The Bertz CT molecular complexity index is 535. The average molecular weight is 215 g/mol. The highest BCUT2D eigenvalue weighted by Gasteiger charge is 2.29. The molecule has 84 valence electrons. The third-order valence-electron chi connectivity index (χ3n) is 3.39. The highest BCUT2D eigenvalue weighted by molar-refractivity contribution is 5.86. The van der Waals surface area contributed by atoms with Crippen molar-refractivity contribution in [1.29, 1.82) is 0 Å². The molecule has 0 aliphatic heterocycles. The SMILES string of the molecule is CC(N)c1cccc2c1c(C1CC1)nn2C. The van der Waals surface area contributed by atoms with Gasteiger partial charge in [0.2, 0.25) is 0 Å². The molecular formula is C13H17N3. The van der Waals surface area contributed by atoms with Gasteiger partial charge in [-0.1, -0.05) is 12.1 Å². The monoisotopic (exact) mass is 215 g/mol. The molecule has 1 unspecified atom stereocenters. The Hall–Kier alpha value is -1.35. The molecule has 0 spiro atoms. The second kappa shape index (κ2) is 3.32. The van der Waals surface area contributed by atoms with Gasteiger partial charge in [0.1, 0.15) is 0 Å².